The summed E-state index contributed by atoms with van der Waals surface area (Å²) >= 11 is 0. The van der Waals surface area contributed by atoms with Gasteiger partial charge in [0.25, 0.3) is 5.56 Å². The molecule has 0 aliphatic carbocycles. The Morgan fingerprint density at radius 2 is 1.85 bits per heavy atom. The van der Waals surface area contributed by atoms with Gasteiger partial charge in [0.05, 0.1) is 50.1 Å². The number of amides is 1. The van der Waals surface area contributed by atoms with Gasteiger partial charge in [-0.2, -0.15) is 10.2 Å². The van der Waals surface area contributed by atoms with E-state index in [0.717, 1.165) is 18.4 Å². The van der Waals surface area contributed by atoms with E-state index in [1.807, 2.05) is 38.9 Å². The molecule has 0 N–H and O–H groups in total. The van der Waals surface area contributed by atoms with Gasteiger partial charge in [0.15, 0.2) is 5.75 Å². The first-order valence-electron chi connectivity index (χ1n) is 14.0. The third-order valence-corrected chi connectivity index (χ3v) is 7.03. The fourth-order valence-electron chi connectivity index (χ4n) is 4.86. The molecule has 2 aliphatic heterocycles. The van der Waals surface area contributed by atoms with Crippen LogP contribution in [0.25, 0.3) is 11.3 Å². The van der Waals surface area contributed by atoms with Crippen LogP contribution in [0, 0.1) is 5.92 Å². The number of likely N-dealkylation sites (tertiary alicyclic amines) is 1. The Morgan fingerprint density at radius 1 is 1.10 bits per heavy atom. The first-order valence-corrected chi connectivity index (χ1v) is 14.0. The van der Waals surface area contributed by atoms with Crippen molar-refractivity contribution in [3.8, 4) is 17.0 Å². The van der Waals surface area contributed by atoms with E-state index in [4.69, 9.17) is 14.2 Å². The minimum Gasteiger partial charge on any atom is -0.490 e. The van der Waals surface area contributed by atoms with Crippen LogP contribution in [0.15, 0.2) is 41.7 Å². The van der Waals surface area contributed by atoms with Gasteiger partial charge in [0.2, 0.25) is 5.95 Å². The normalized spacial score (nSPS) is 18.4. The third-order valence-electron chi connectivity index (χ3n) is 7.03. The standard InChI is InChI=1S/C28H38N8O5/c1-28(2,3)41-27(38)34-9-7-20(8-10-34)19-40-22-14-29-26(30-15-22)35-11-12-39-23(17-35)18-36-25(37)6-5-24(32-36)21-13-31-33(4)16-21/h5-6,13-16,20,23H,7-12,17-19H2,1-4H3. The van der Waals surface area contributed by atoms with Gasteiger partial charge in [-0.15, -0.1) is 0 Å². The van der Waals surface area contributed by atoms with E-state index in [9.17, 15) is 9.59 Å². The van der Waals surface area contributed by atoms with E-state index in [-0.39, 0.29) is 17.8 Å². The minimum absolute atomic E-state index is 0.188. The highest BCUT2D eigenvalue weighted by atomic mass is 16.6. The highest BCUT2D eigenvalue weighted by Crippen LogP contribution is 2.22. The van der Waals surface area contributed by atoms with Crippen molar-refractivity contribution in [2.45, 2.75) is 51.9 Å². The lowest BCUT2D eigenvalue weighted by Crippen LogP contribution is -2.46. The Morgan fingerprint density at radius 3 is 2.54 bits per heavy atom. The minimum atomic E-state index is -0.492. The zero-order valence-electron chi connectivity index (χ0n) is 24.1. The quantitative estimate of drug-likeness (QED) is 0.420. The SMILES string of the molecule is Cn1cc(-c2ccc(=O)n(CC3CN(c4ncc(OCC5CCN(C(=O)OC(C)(C)C)CC5)cn4)CCO3)n2)cn1. The average molecular weight is 567 g/mol. The number of ether oxygens (including phenoxy) is 3. The van der Waals surface area contributed by atoms with E-state index >= 15 is 0 Å². The molecule has 5 rings (SSSR count). The number of nitrogens with zero attached hydrogens (tertiary/aromatic N) is 8. The van der Waals surface area contributed by atoms with Crippen molar-refractivity contribution in [3.63, 3.8) is 0 Å². The summed E-state index contributed by atoms with van der Waals surface area (Å²) in [6, 6.07) is 3.22. The summed E-state index contributed by atoms with van der Waals surface area (Å²) in [4.78, 5) is 37.6. The number of hydrogen-bond donors (Lipinski definition) is 0. The molecule has 13 nitrogen and oxygen atoms in total. The molecule has 3 aromatic heterocycles. The predicted molar refractivity (Wildman–Crippen MR) is 151 cm³/mol. The van der Waals surface area contributed by atoms with Gasteiger partial charge in [-0.1, -0.05) is 0 Å². The van der Waals surface area contributed by atoms with Crippen LogP contribution in [0.2, 0.25) is 0 Å². The largest absolute Gasteiger partial charge is 0.490 e. The van der Waals surface area contributed by atoms with Gasteiger partial charge in [0.1, 0.15) is 5.60 Å². The molecule has 0 spiro atoms. The second-order valence-corrected chi connectivity index (χ2v) is 11.5. The van der Waals surface area contributed by atoms with Crippen molar-refractivity contribution in [2.24, 2.45) is 13.0 Å². The Balaban J connectivity index is 1.11. The van der Waals surface area contributed by atoms with Crippen LogP contribution in [0.5, 0.6) is 5.75 Å². The average Bonchev–Trinajstić information content (AvgIpc) is 3.39. The van der Waals surface area contributed by atoms with Crippen LogP contribution in [0.4, 0.5) is 10.7 Å². The Hall–Kier alpha value is -4.00. The molecule has 1 amide bonds. The molecule has 1 unspecified atom stereocenters. The van der Waals surface area contributed by atoms with Gasteiger partial charge in [-0.05, 0) is 45.6 Å². The molecule has 220 valence electrons. The molecule has 2 fully saturated rings. The number of rotatable bonds is 7. The number of aryl methyl sites for hydroxylation is 1. The highest BCUT2D eigenvalue weighted by Gasteiger charge is 2.27. The molecule has 2 saturated heterocycles. The lowest BCUT2D eigenvalue weighted by Gasteiger charge is -2.33. The molecule has 0 bridgehead atoms. The lowest BCUT2D eigenvalue weighted by atomic mass is 9.98. The number of carbonyl (C=O) groups excluding carboxylic acids is 1. The summed E-state index contributed by atoms with van der Waals surface area (Å²) in [5.74, 6) is 1.54. The number of aromatic nitrogens is 6. The number of anilines is 1. The molecule has 41 heavy (non-hydrogen) atoms. The summed E-state index contributed by atoms with van der Waals surface area (Å²) in [6.45, 7) is 9.47. The van der Waals surface area contributed by atoms with Crippen molar-refractivity contribution in [1.29, 1.82) is 0 Å². The fourth-order valence-corrected chi connectivity index (χ4v) is 4.86. The van der Waals surface area contributed by atoms with Crippen LogP contribution >= 0.6 is 0 Å². The Kier molecular flexibility index (Phi) is 8.52. The van der Waals surface area contributed by atoms with Crippen LogP contribution in [-0.2, 0) is 23.1 Å². The van der Waals surface area contributed by atoms with Crippen LogP contribution in [0.3, 0.4) is 0 Å². The molecule has 3 aromatic rings. The van der Waals surface area contributed by atoms with E-state index in [2.05, 4.69) is 20.2 Å². The first kappa shape index (κ1) is 28.5. The third kappa shape index (κ3) is 7.60. The predicted octanol–water partition coefficient (Wildman–Crippen LogP) is 2.37. The molecule has 0 aromatic carbocycles. The summed E-state index contributed by atoms with van der Waals surface area (Å²) in [5.41, 5.74) is 0.841. The molecule has 5 heterocycles. The molecule has 1 atom stereocenters. The Bertz CT molecular complexity index is 1380. The summed E-state index contributed by atoms with van der Waals surface area (Å²) in [6.07, 6.45) is 8.16. The van der Waals surface area contributed by atoms with Gasteiger partial charge in [-0.3, -0.25) is 9.48 Å². The summed E-state index contributed by atoms with van der Waals surface area (Å²) in [5, 5.41) is 8.71. The zero-order valence-corrected chi connectivity index (χ0v) is 24.1. The van der Waals surface area contributed by atoms with Gasteiger partial charge in [0, 0.05) is 51.1 Å². The van der Waals surface area contributed by atoms with Crippen molar-refractivity contribution in [2.75, 3.05) is 44.3 Å². The maximum Gasteiger partial charge on any atom is 0.410 e. The smallest absolute Gasteiger partial charge is 0.410 e. The van der Waals surface area contributed by atoms with E-state index in [1.165, 1.54) is 10.7 Å². The van der Waals surface area contributed by atoms with Crippen molar-refractivity contribution < 1.29 is 19.0 Å². The molecule has 2 aliphatic rings. The number of piperidine rings is 1. The van der Waals surface area contributed by atoms with E-state index < -0.39 is 5.60 Å². The van der Waals surface area contributed by atoms with E-state index in [0.29, 0.717) is 69.2 Å². The zero-order chi connectivity index (χ0) is 29.0. The monoisotopic (exact) mass is 566 g/mol. The van der Waals surface area contributed by atoms with Crippen LogP contribution < -0.4 is 15.2 Å². The lowest BCUT2D eigenvalue weighted by molar-refractivity contribution is 0.0164. The van der Waals surface area contributed by atoms with Crippen molar-refractivity contribution in [3.05, 3.63) is 47.3 Å². The number of morpholine rings is 1. The maximum atomic E-state index is 12.5. The van der Waals surface area contributed by atoms with Crippen LogP contribution in [0.1, 0.15) is 33.6 Å². The first-order chi connectivity index (χ1) is 19.6. The topological polar surface area (TPSA) is 130 Å². The van der Waals surface area contributed by atoms with Gasteiger partial charge < -0.3 is 24.0 Å². The second-order valence-electron chi connectivity index (χ2n) is 11.5. The molecular formula is C28H38N8O5. The molecular weight excluding hydrogens is 528 g/mol. The fraction of sp³-hybridized carbons (Fsp3) is 0.571. The highest BCUT2D eigenvalue weighted by molar-refractivity contribution is 5.68. The van der Waals surface area contributed by atoms with Crippen molar-refractivity contribution in [1.82, 2.24) is 34.4 Å². The molecule has 13 heteroatoms. The maximum absolute atomic E-state index is 12.5. The summed E-state index contributed by atoms with van der Waals surface area (Å²) < 4.78 is 20.5. The van der Waals surface area contributed by atoms with Gasteiger partial charge in [-0.25, -0.2) is 19.4 Å². The summed E-state index contributed by atoms with van der Waals surface area (Å²) in [7, 11) is 1.84. The number of hydrogen-bond acceptors (Lipinski definition) is 10. The van der Waals surface area contributed by atoms with Crippen LogP contribution in [-0.4, -0.2) is 91.6 Å². The second kappa shape index (κ2) is 12.2. The molecule has 0 radical (unpaired) electrons. The van der Waals surface area contributed by atoms with Crippen molar-refractivity contribution >= 4 is 12.0 Å². The number of carbonyl (C=O) groups is 1. The Labute approximate surface area is 239 Å². The molecule has 0 saturated carbocycles. The van der Waals surface area contributed by atoms with Gasteiger partial charge >= 0.3 is 6.09 Å². The van der Waals surface area contributed by atoms with E-state index in [1.54, 1.807) is 34.2 Å².